The molecule has 1 aliphatic carbocycles. The van der Waals surface area contributed by atoms with Gasteiger partial charge in [0.15, 0.2) is 0 Å². The van der Waals surface area contributed by atoms with E-state index in [1.807, 2.05) is 32.0 Å². The summed E-state index contributed by atoms with van der Waals surface area (Å²) in [5, 5.41) is 18.5. The van der Waals surface area contributed by atoms with Gasteiger partial charge in [0.05, 0.1) is 5.69 Å². The molecular formula is C20H28N6O2. The summed E-state index contributed by atoms with van der Waals surface area (Å²) in [5.74, 6) is 1.12. The predicted molar refractivity (Wildman–Crippen MR) is 109 cm³/mol. The van der Waals surface area contributed by atoms with Gasteiger partial charge < -0.3 is 4.74 Å². The molecule has 1 heterocycles. The third-order valence-corrected chi connectivity index (χ3v) is 5.29. The Labute approximate surface area is 164 Å². The molecular weight excluding hydrogens is 356 g/mol. The van der Waals surface area contributed by atoms with Gasteiger partial charge in [0.2, 0.25) is 5.90 Å². The number of aryl methyl sites for hydroxylation is 1. The minimum Gasteiger partial charge on any atom is -0.475 e. The molecule has 0 bridgehead atoms. The molecule has 8 heteroatoms. The number of ether oxygens (including phenoxy) is 1. The van der Waals surface area contributed by atoms with E-state index in [1.54, 1.807) is 0 Å². The molecule has 2 aromatic rings. The Morgan fingerprint density at radius 3 is 2.75 bits per heavy atom. The lowest BCUT2D eigenvalue weighted by molar-refractivity contribution is 0.282. The molecule has 1 fully saturated rings. The van der Waals surface area contributed by atoms with Crippen molar-refractivity contribution in [1.29, 1.82) is 0 Å². The predicted octanol–water partition coefficient (Wildman–Crippen LogP) is 3.55. The van der Waals surface area contributed by atoms with Gasteiger partial charge in [-0.2, -0.15) is 9.78 Å². The molecule has 0 atom stereocenters. The number of H-pyrrole nitrogens is 1. The zero-order valence-corrected chi connectivity index (χ0v) is 16.8. The van der Waals surface area contributed by atoms with Crippen LogP contribution in [-0.4, -0.2) is 31.8 Å². The highest BCUT2D eigenvalue weighted by Crippen LogP contribution is 2.25. The molecule has 1 aromatic carbocycles. The number of hydrogen-bond acceptors (Lipinski definition) is 6. The van der Waals surface area contributed by atoms with Gasteiger partial charge in [0.1, 0.15) is 6.61 Å². The van der Waals surface area contributed by atoms with E-state index in [0.717, 1.165) is 16.8 Å². The lowest BCUT2D eigenvalue weighted by Gasteiger charge is -2.20. The summed E-state index contributed by atoms with van der Waals surface area (Å²) in [5.41, 5.74) is 3.22. The molecule has 0 aliphatic heterocycles. The van der Waals surface area contributed by atoms with E-state index in [2.05, 4.69) is 32.7 Å². The van der Waals surface area contributed by atoms with Gasteiger partial charge in [-0.3, -0.25) is 0 Å². The van der Waals surface area contributed by atoms with E-state index in [1.165, 1.54) is 36.8 Å². The Kier molecular flexibility index (Phi) is 6.73. The molecule has 8 nitrogen and oxygen atoms in total. The number of rotatable bonds is 6. The number of aromatic nitrogens is 4. The summed E-state index contributed by atoms with van der Waals surface area (Å²) in [7, 11) is 0. The third kappa shape index (κ3) is 4.74. The standard InChI is InChI=1S/C20H28N6O2/c1-4-19(22-21-15(3)16-10-6-5-7-11-16)28-13-17-14(2)9-8-12-18(17)26-20(27)23-24-25-26/h8-9,12,16H,4-7,10-11,13H2,1-3H3,(H,23,25,27)/b21-15+,22-19+. The molecule has 150 valence electrons. The molecule has 0 unspecified atom stereocenters. The van der Waals surface area contributed by atoms with E-state index in [9.17, 15) is 4.79 Å². The van der Waals surface area contributed by atoms with Gasteiger partial charge in [0, 0.05) is 17.7 Å². The van der Waals surface area contributed by atoms with Crippen LogP contribution in [0.3, 0.4) is 0 Å². The van der Waals surface area contributed by atoms with Crippen molar-refractivity contribution in [2.24, 2.45) is 16.1 Å². The highest BCUT2D eigenvalue weighted by molar-refractivity contribution is 5.85. The van der Waals surface area contributed by atoms with E-state index in [0.29, 0.717) is 23.9 Å². The third-order valence-electron chi connectivity index (χ3n) is 5.29. The van der Waals surface area contributed by atoms with Crippen LogP contribution in [-0.2, 0) is 11.3 Å². The van der Waals surface area contributed by atoms with Crippen LogP contribution < -0.4 is 5.69 Å². The van der Waals surface area contributed by atoms with Crippen molar-refractivity contribution < 1.29 is 4.74 Å². The van der Waals surface area contributed by atoms with Crippen LogP contribution in [0.15, 0.2) is 33.2 Å². The maximum Gasteiger partial charge on any atom is 0.365 e. The first-order chi connectivity index (χ1) is 13.6. The molecule has 0 spiro atoms. The van der Waals surface area contributed by atoms with Crippen LogP contribution in [0, 0.1) is 12.8 Å². The molecule has 28 heavy (non-hydrogen) atoms. The zero-order valence-electron chi connectivity index (χ0n) is 16.8. The van der Waals surface area contributed by atoms with Gasteiger partial charge in [-0.25, -0.2) is 9.89 Å². The summed E-state index contributed by atoms with van der Waals surface area (Å²) in [6.07, 6.45) is 6.92. The SMILES string of the molecule is CC/C(=N\N=C(/C)C1CCCCC1)OCc1c(C)cccc1-n1nn[nH]c1=O. The van der Waals surface area contributed by atoms with Crippen molar-refractivity contribution in [3.63, 3.8) is 0 Å². The quantitative estimate of drug-likeness (QED) is 0.468. The molecule has 1 aliphatic rings. The number of nitrogens with one attached hydrogen (secondary N) is 1. The van der Waals surface area contributed by atoms with Crippen LogP contribution in [0.25, 0.3) is 5.69 Å². The minimum absolute atomic E-state index is 0.284. The van der Waals surface area contributed by atoms with Crippen molar-refractivity contribution in [2.75, 3.05) is 0 Å². The van der Waals surface area contributed by atoms with Crippen LogP contribution in [0.4, 0.5) is 0 Å². The summed E-state index contributed by atoms with van der Waals surface area (Å²) in [6.45, 7) is 6.31. The Balaban J connectivity index is 1.75. The Morgan fingerprint density at radius 1 is 1.29 bits per heavy atom. The van der Waals surface area contributed by atoms with Crippen molar-refractivity contribution in [1.82, 2.24) is 20.2 Å². The molecule has 1 saturated carbocycles. The second-order valence-corrected chi connectivity index (χ2v) is 7.20. The largest absolute Gasteiger partial charge is 0.475 e. The first-order valence-electron chi connectivity index (χ1n) is 9.93. The highest BCUT2D eigenvalue weighted by Gasteiger charge is 2.16. The monoisotopic (exact) mass is 384 g/mol. The maximum absolute atomic E-state index is 11.9. The van der Waals surface area contributed by atoms with Crippen molar-refractivity contribution in [3.8, 4) is 5.69 Å². The van der Waals surface area contributed by atoms with E-state index >= 15 is 0 Å². The number of hydrogen-bond donors (Lipinski definition) is 1. The number of aromatic amines is 1. The Hall–Kier alpha value is -2.77. The fourth-order valence-electron chi connectivity index (χ4n) is 3.52. The second kappa shape index (κ2) is 9.43. The highest BCUT2D eigenvalue weighted by atomic mass is 16.5. The molecule has 0 amide bonds. The van der Waals surface area contributed by atoms with Gasteiger partial charge in [-0.1, -0.05) is 38.3 Å². The van der Waals surface area contributed by atoms with Crippen molar-refractivity contribution in [2.45, 2.75) is 65.9 Å². The smallest absolute Gasteiger partial charge is 0.365 e. The Bertz CT molecular complexity index is 905. The molecule has 1 aromatic heterocycles. The van der Waals surface area contributed by atoms with E-state index in [4.69, 9.17) is 4.74 Å². The van der Waals surface area contributed by atoms with Crippen molar-refractivity contribution in [3.05, 3.63) is 39.8 Å². The summed E-state index contributed by atoms with van der Waals surface area (Å²) in [6, 6.07) is 5.67. The van der Waals surface area contributed by atoms with E-state index in [-0.39, 0.29) is 12.3 Å². The van der Waals surface area contributed by atoms with Crippen LogP contribution in [0.1, 0.15) is 63.5 Å². The summed E-state index contributed by atoms with van der Waals surface area (Å²) < 4.78 is 7.18. The number of benzene rings is 1. The summed E-state index contributed by atoms with van der Waals surface area (Å²) in [4.78, 5) is 11.9. The first-order valence-corrected chi connectivity index (χ1v) is 9.93. The van der Waals surface area contributed by atoms with Crippen molar-refractivity contribution >= 4 is 11.6 Å². The molecule has 1 N–H and O–H groups in total. The molecule has 3 rings (SSSR count). The average molecular weight is 384 g/mol. The normalized spacial score (nSPS) is 16.4. The molecule has 0 saturated heterocycles. The number of nitrogens with zero attached hydrogens (tertiary/aromatic N) is 5. The maximum atomic E-state index is 11.9. The minimum atomic E-state index is -0.385. The van der Waals surface area contributed by atoms with Crippen LogP contribution in [0.2, 0.25) is 0 Å². The zero-order chi connectivity index (χ0) is 19.9. The number of tetrazole rings is 1. The first kappa shape index (κ1) is 20.0. The fourth-order valence-corrected chi connectivity index (χ4v) is 3.52. The lowest BCUT2D eigenvalue weighted by Crippen LogP contribution is -2.19. The van der Waals surface area contributed by atoms with Gasteiger partial charge >= 0.3 is 5.69 Å². The fraction of sp³-hybridized carbons (Fsp3) is 0.550. The van der Waals surface area contributed by atoms with Crippen LogP contribution >= 0.6 is 0 Å². The van der Waals surface area contributed by atoms with Gasteiger partial charge in [-0.15, -0.1) is 5.10 Å². The van der Waals surface area contributed by atoms with Gasteiger partial charge in [-0.05, 0) is 54.7 Å². The average Bonchev–Trinajstić information content (AvgIpc) is 3.15. The van der Waals surface area contributed by atoms with Gasteiger partial charge in [0.25, 0.3) is 0 Å². The topological polar surface area (TPSA) is 97.5 Å². The Morgan fingerprint density at radius 2 is 2.07 bits per heavy atom. The summed E-state index contributed by atoms with van der Waals surface area (Å²) >= 11 is 0. The van der Waals surface area contributed by atoms with E-state index < -0.39 is 0 Å². The van der Waals surface area contributed by atoms with Crippen LogP contribution in [0.5, 0.6) is 0 Å². The molecule has 0 radical (unpaired) electrons. The second-order valence-electron chi connectivity index (χ2n) is 7.20. The lowest BCUT2D eigenvalue weighted by atomic mass is 9.86.